The molecule has 1 unspecified atom stereocenters. The predicted molar refractivity (Wildman–Crippen MR) is 65.1 cm³/mol. The first kappa shape index (κ1) is 12.7. The highest BCUT2D eigenvalue weighted by Gasteiger charge is 2.11. The molecule has 0 saturated heterocycles. The van der Waals surface area contributed by atoms with Gasteiger partial charge in [-0.3, -0.25) is 4.79 Å². The van der Waals surface area contributed by atoms with E-state index >= 15 is 0 Å². The minimum absolute atomic E-state index is 0.131. The number of unbranched alkanes of at least 4 members (excludes halogenated alkanes) is 1. The van der Waals surface area contributed by atoms with Crippen molar-refractivity contribution in [3.63, 3.8) is 0 Å². The Morgan fingerprint density at radius 2 is 2.56 bits per heavy atom. The molecule has 0 aliphatic heterocycles. The molecular weight excluding hydrogens is 222 g/mol. The summed E-state index contributed by atoms with van der Waals surface area (Å²) < 4.78 is 0. The largest absolute Gasteiger partial charge is 0.351 e. The Hall–Kier alpha value is -1.38. The smallest absolute Gasteiger partial charge is 0.270 e. The number of thiazole rings is 1. The molecule has 0 saturated carbocycles. The van der Waals surface area contributed by atoms with Crippen molar-refractivity contribution >= 4 is 17.2 Å². The number of rotatable bonds is 5. The van der Waals surface area contributed by atoms with Gasteiger partial charge in [-0.25, -0.2) is 4.98 Å². The van der Waals surface area contributed by atoms with Gasteiger partial charge >= 0.3 is 0 Å². The quantitative estimate of drug-likeness (QED) is 0.599. The van der Waals surface area contributed by atoms with Crippen LogP contribution in [0.1, 0.15) is 41.3 Å². The van der Waals surface area contributed by atoms with Crippen LogP contribution in [-0.4, -0.2) is 17.4 Å². The molecule has 5 heteroatoms. The minimum atomic E-state index is -0.167. The first-order chi connectivity index (χ1) is 7.65. The molecule has 0 aliphatic rings. The van der Waals surface area contributed by atoms with Crippen molar-refractivity contribution in [2.75, 3.05) is 6.54 Å². The lowest BCUT2D eigenvalue weighted by Gasteiger charge is -2.01. The standard InChI is InChI=1S/C11H15N3OS/c1-3-4-5-6-13-10(15)9-7-16-11(14-9)8(2)12/h1,7-8H,4-6,12H2,2H3,(H,13,15). The number of nitrogens with zero attached hydrogens (tertiary/aromatic N) is 1. The van der Waals surface area contributed by atoms with E-state index in [0.29, 0.717) is 18.7 Å². The average molecular weight is 237 g/mol. The van der Waals surface area contributed by atoms with Crippen molar-refractivity contribution in [3.8, 4) is 12.3 Å². The molecule has 86 valence electrons. The van der Waals surface area contributed by atoms with Gasteiger partial charge in [-0.1, -0.05) is 0 Å². The zero-order chi connectivity index (χ0) is 12.0. The Morgan fingerprint density at radius 3 is 3.12 bits per heavy atom. The molecule has 0 bridgehead atoms. The van der Waals surface area contributed by atoms with Crippen molar-refractivity contribution in [2.45, 2.75) is 25.8 Å². The summed E-state index contributed by atoms with van der Waals surface area (Å²) in [6, 6.07) is -0.131. The highest BCUT2D eigenvalue weighted by molar-refractivity contribution is 7.09. The van der Waals surface area contributed by atoms with Crippen molar-refractivity contribution in [2.24, 2.45) is 5.73 Å². The molecule has 1 heterocycles. The number of aromatic nitrogens is 1. The zero-order valence-corrected chi connectivity index (χ0v) is 10.0. The van der Waals surface area contributed by atoms with Crippen LogP contribution in [0.5, 0.6) is 0 Å². The van der Waals surface area contributed by atoms with Crippen LogP contribution >= 0.6 is 11.3 Å². The lowest BCUT2D eigenvalue weighted by molar-refractivity contribution is 0.0949. The molecule has 0 aliphatic carbocycles. The van der Waals surface area contributed by atoms with Gasteiger partial charge in [0.25, 0.3) is 5.91 Å². The number of nitrogens with two attached hydrogens (primary N) is 1. The van der Waals surface area contributed by atoms with Gasteiger partial charge in [-0.2, -0.15) is 0 Å². The van der Waals surface area contributed by atoms with E-state index in [1.807, 2.05) is 6.92 Å². The molecule has 16 heavy (non-hydrogen) atoms. The summed E-state index contributed by atoms with van der Waals surface area (Å²) in [4.78, 5) is 15.7. The normalized spacial score (nSPS) is 11.8. The summed E-state index contributed by atoms with van der Waals surface area (Å²) in [5, 5.41) is 5.24. The number of carbonyl (C=O) groups is 1. The van der Waals surface area contributed by atoms with Gasteiger partial charge in [0.15, 0.2) is 0 Å². The lowest BCUT2D eigenvalue weighted by Crippen LogP contribution is -2.24. The van der Waals surface area contributed by atoms with Gasteiger partial charge in [0.1, 0.15) is 10.7 Å². The number of amides is 1. The summed E-state index contributed by atoms with van der Waals surface area (Å²) in [5.74, 6) is 2.35. The van der Waals surface area contributed by atoms with E-state index in [1.54, 1.807) is 5.38 Å². The van der Waals surface area contributed by atoms with Crippen LogP contribution < -0.4 is 11.1 Å². The van der Waals surface area contributed by atoms with Gasteiger partial charge < -0.3 is 11.1 Å². The van der Waals surface area contributed by atoms with E-state index in [9.17, 15) is 4.79 Å². The van der Waals surface area contributed by atoms with Crippen molar-refractivity contribution < 1.29 is 4.79 Å². The van der Waals surface area contributed by atoms with Crippen molar-refractivity contribution in [3.05, 3.63) is 16.1 Å². The second-order valence-electron chi connectivity index (χ2n) is 3.42. The third-order valence-corrected chi connectivity index (χ3v) is 2.97. The minimum Gasteiger partial charge on any atom is -0.351 e. The fourth-order valence-corrected chi connectivity index (χ4v) is 1.84. The molecule has 0 aromatic carbocycles. The molecular formula is C11H15N3OS. The van der Waals surface area contributed by atoms with Crippen LogP contribution in [-0.2, 0) is 0 Å². The first-order valence-corrected chi connectivity index (χ1v) is 5.95. The molecule has 0 radical (unpaired) electrons. The van der Waals surface area contributed by atoms with Crippen LogP contribution in [0, 0.1) is 12.3 Å². The van der Waals surface area contributed by atoms with Gasteiger partial charge in [-0.15, -0.1) is 23.7 Å². The fraction of sp³-hybridized carbons (Fsp3) is 0.455. The number of carbonyl (C=O) groups excluding carboxylic acids is 1. The Labute approximate surface area is 99.3 Å². The van der Waals surface area contributed by atoms with E-state index in [4.69, 9.17) is 12.2 Å². The van der Waals surface area contributed by atoms with Crippen LogP contribution in [0.25, 0.3) is 0 Å². The summed E-state index contributed by atoms with van der Waals surface area (Å²) in [5.41, 5.74) is 6.09. The predicted octanol–water partition coefficient (Wildman–Crippen LogP) is 1.31. The molecule has 0 spiro atoms. The Kier molecular flexibility index (Phi) is 4.96. The number of terminal acetylenes is 1. The lowest BCUT2D eigenvalue weighted by atomic mass is 10.3. The Morgan fingerprint density at radius 1 is 1.81 bits per heavy atom. The maximum Gasteiger partial charge on any atom is 0.270 e. The Bertz CT molecular complexity index is 392. The topological polar surface area (TPSA) is 68.0 Å². The molecule has 1 aromatic rings. The van der Waals surface area contributed by atoms with Crippen molar-refractivity contribution in [1.29, 1.82) is 0 Å². The first-order valence-electron chi connectivity index (χ1n) is 5.07. The molecule has 1 rings (SSSR count). The van der Waals surface area contributed by atoms with Crippen molar-refractivity contribution in [1.82, 2.24) is 10.3 Å². The van der Waals surface area contributed by atoms with Crippen LogP contribution in [0.4, 0.5) is 0 Å². The maximum atomic E-state index is 11.6. The van der Waals surface area contributed by atoms with Gasteiger partial charge in [0.2, 0.25) is 0 Å². The molecule has 3 N–H and O–H groups in total. The van der Waals surface area contributed by atoms with E-state index in [1.165, 1.54) is 11.3 Å². The van der Waals surface area contributed by atoms with E-state index < -0.39 is 0 Å². The Balaban J connectivity index is 2.44. The molecule has 1 atom stereocenters. The summed E-state index contributed by atoms with van der Waals surface area (Å²) in [6.07, 6.45) is 6.56. The fourth-order valence-electron chi connectivity index (χ4n) is 1.08. The zero-order valence-electron chi connectivity index (χ0n) is 9.19. The second-order valence-corrected chi connectivity index (χ2v) is 4.31. The second kappa shape index (κ2) is 6.26. The van der Waals surface area contributed by atoms with E-state index in [-0.39, 0.29) is 11.9 Å². The van der Waals surface area contributed by atoms with Gasteiger partial charge in [0, 0.05) is 18.3 Å². The third-order valence-electron chi connectivity index (χ3n) is 1.93. The van der Waals surface area contributed by atoms with E-state index in [0.717, 1.165) is 11.4 Å². The van der Waals surface area contributed by atoms with Crippen LogP contribution in [0.2, 0.25) is 0 Å². The molecule has 4 nitrogen and oxygen atoms in total. The SMILES string of the molecule is C#CCCCNC(=O)c1csc(C(C)N)n1. The molecule has 1 aromatic heterocycles. The average Bonchev–Trinajstić information content (AvgIpc) is 2.73. The van der Waals surface area contributed by atoms with Gasteiger partial charge in [-0.05, 0) is 13.3 Å². The summed E-state index contributed by atoms with van der Waals surface area (Å²) >= 11 is 1.40. The molecule has 0 fully saturated rings. The number of nitrogens with one attached hydrogen (secondary N) is 1. The monoisotopic (exact) mass is 237 g/mol. The number of hydrogen-bond acceptors (Lipinski definition) is 4. The third kappa shape index (κ3) is 3.65. The maximum absolute atomic E-state index is 11.6. The highest BCUT2D eigenvalue weighted by atomic mass is 32.1. The van der Waals surface area contributed by atoms with Gasteiger partial charge in [0.05, 0.1) is 6.04 Å². The van der Waals surface area contributed by atoms with E-state index in [2.05, 4.69) is 16.2 Å². The summed E-state index contributed by atoms with van der Waals surface area (Å²) in [6.45, 7) is 2.42. The number of hydrogen-bond donors (Lipinski definition) is 2. The van der Waals surface area contributed by atoms with Crippen LogP contribution in [0.15, 0.2) is 5.38 Å². The van der Waals surface area contributed by atoms with Crippen LogP contribution in [0.3, 0.4) is 0 Å². The molecule has 1 amide bonds. The summed E-state index contributed by atoms with van der Waals surface area (Å²) in [7, 11) is 0. The highest BCUT2D eigenvalue weighted by Crippen LogP contribution is 2.15.